The van der Waals surface area contributed by atoms with Gasteiger partial charge in [-0.1, -0.05) is 11.6 Å². The van der Waals surface area contributed by atoms with Gasteiger partial charge in [0.2, 0.25) is 0 Å². The number of carbonyl (C=O) groups is 2. The lowest BCUT2D eigenvalue weighted by Gasteiger charge is -2.33. The molecule has 0 aliphatic carbocycles. The molecule has 2 amide bonds. The van der Waals surface area contributed by atoms with Gasteiger partial charge in [0.15, 0.2) is 11.6 Å². The minimum Gasteiger partial charge on any atom is -0.409 e. The lowest BCUT2D eigenvalue weighted by Crippen LogP contribution is -2.51. The van der Waals surface area contributed by atoms with Gasteiger partial charge in [0.05, 0.1) is 17.2 Å². The first-order chi connectivity index (χ1) is 13.1. The van der Waals surface area contributed by atoms with Crippen LogP contribution in [-0.2, 0) is 0 Å². The van der Waals surface area contributed by atoms with Crippen LogP contribution < -0.4 is 4.74 Å². The molecule has 0 atom stereocenters. The fraction of sp³-hybridized carbons (Fsp3) is 0.222. The Kier molecular flexibility index (Phi) is 4.64. The standard InChI is InChI=1S/C18H16ClN5O3/c19-12-3-4-14-15(10-12)22-16(21-14)17(25)23-6-8-24(9-7-23)18(26)27-13-2-1-5-20-11-13/h1-5,10-11H,6-9H2,(H,21,22). The van der Waals surface area contributed by atoms with E-state index in [2.05, 4.69) is 15.0 Å². The number of piperazine rings is 1. The number of H-pyrrole nitrogens is 1. The summed E-state index contributed by atoms with van der Waals surface area (Å²) in [6.45, 7) is 1.57. The summed E-state index contributed by atoms with van der Waals surface area (Å²) < 4.78 is 5.28. The summed E-state index contributed by atoms with van der Waals surface area (Å²) in [5.41, 5.74) is 1.39. The van der Waals surface area contributed by atoms with Crippen molar-refractivity contribution in [3.8, 4) is 5.75 Å². The largest absolute Gasteiger partial charge is 0.415 e. The molecule has 1 aliphatic heterocycles. The van der Waals surface area contributed by atoms with Gasteiger partial charge < -0.3 is 19.5 Å². The van der Waals surface area contributed by atoms with E-state index in [4.69, 9.17) is 16.3 Å². The molecule has 1 aliphatic rings. The van der Waals surface area contributed by atoms with Crippen LogP contribution in [0.25, 0.3) is 11.0 Å². The number of pyridine rings is 1. The first kappa shape index (κ1) is 17.3. The topological polar surface area (TPSA) is 91.4 Å². The third-order valence-corrected chi connectivity index (χ3v) is 4.55. The molecule has 1 saturated heterocycles. The van der Waals surface area contributed by atoms with E-state index < -0.39 is 6.09 Å². The Labute approximate surface area is 159 Å². The van der Waals surface area contributed by atoms with Crippen LogP contribution in [0.1, 0.15) is 10.6 Å². The fourth-order valence-corrected chi connectivity index (χ4v) is 3.07. The van der Waals surface area contributed by atoms with E-state index in [1.165, 1.54) is 6.20 Å². The molecule has 0 radical (unpaired) electrons. The first-order valence-corrected chi connectivity index (χ1v) is 8.79. The van der Waals surface area contributed by atoms with Gasteiger partial charge in [0, 0.05) is 37.4 Å². The van der Waals surface area contributed by atoms with Gasteiger partial charge in [0.25, 0.3) is 5.91 Å². The summed E-state index contributed by atoms with van der Waals surface area (Å²) in [7, 11) is 0. The summed E-state index contributed by atoms with van der Waals surface area (Å²) in [6.07, 6.45) is 2.63. The molecule has 1 fully saturated rings. The number of carbonyl (C=O) groups excluding carboxylic acids is 2. The SMILES string of the molecule is O=C(Oc1cccnc1)N1CCN(C(=O)c2nc3ccc(Cl)cc3[nH]2)CC1. The predicted octanol–water partition coefficient (Wildman–Crippen LogP) is 2.57. The monoisotopic (exact) mass is 385 g/mol. The van der Waals surface area contributed by atoms with Gasteiger partial charge in [-0.3, -0.25) is 9.78 Å². The zero-order chi connectivity index (χ0) is 18.8. The molecule has 138 valence electrons. The lowest BCUT2D eigenvalue weighted by atomic mass is 10.3. The number of fused-ring (bicyclic) bond motifs is 1. The Morgan fingerprint density at radius 2 is 1.89 bits per heavy atom. The highest BCUT2D eigenvalue weighted by Gasteiger charge is 2.27. The number of nitrogens with zero attached hydrogens (tertiary/aromatic N) is 4. The molecular weight excluding hydrogens is 370 g/mol. The normalized spacial score (nSPS) is 14.4. The Hall–Kier alpha value is -3.13. The maximum absolute atomic E-state index is 12.7. The fourth-order valence-electron chi connectivity index (χ4n) is 2.90. The van der Waals surface area contributed by atoms with Crippen molar-refractivity contribution in [1.29, 1.82) is 0 Å². The molecule has 0 unspecified atom stereocenters. The van der Waals surface area contributed by atoms with Crippen LogP contribution >= 0.6 is 11.6 Å². The van der Waals surface area contributed by atoms with Crippen molar-refractivity contribution in [2.45, 2.75) is 0 Å². The first-order valence-electron chi connectivity index (χ1n) is 8.41. The average molecular weight is 386 g/mol. The van der Waals surface area contributed by atoms with Gasteiger partial charge in [-0.25, -0.2) is 9.78 Å². The third kappa shape index (κ3) is 3.70. The molecule has 4 rings (SSSR count). The second-order valence-electron chi connectivity index (χ2n) is 6.08. The van der Waals surface area contributed by atoms with Crippen LogP contribution in [0.15, 0.2) is 42.7 Å². The number of nitrogens with one attached hydrogen (secondary N) is 1. The number of hydrogen-bond donors (Lipinski definition) is 1. The average Bonchev–Trinajstić information content (AvgIpc) is 3.11. The van der Waals surface area contributed by atoms with E-state index in [0.717, 1.165) is 0 Å². The van der Waals surface area contributed by atoms with Crippen LogP contribution in [0, 0.1) is 0 Å². The number of ether oxygens (including phenoxy) is 1. The van der Waals surface area contributed by atoms with Crippen molar-refractivity contribution in [2.24, 2.45) is 0 Å². The molecular formula is C18H16ClN5O3. The highest BCUT2D eigenvalue weighted by atomic mass is 35.5. The van der Waals surface area contributed by atoms with Gasteiger partial charge in [-0.05, 0) is 30.3 Å². The molecule has 1 N–H and O–H groups in total. The van der Waals surface area contributed by atoms with Crippen molar-refractivity contribution in [3.05, 3.63) is 53.6 Å². The molecule has 3 heterocycles. The maximum Gasteiger partial charge on any atom is 0.415 e. The van der Waals surface area contributed by atoms with Crippen LogP contribution in [0.2, 0.25) is 5.02 Å². The molecule has 1 aromatic carbocycles. The summed E-state index contributed by atoms with van der Waals surface area (Å²) in [5.74, 6) is 0.447. The number of aromatic nitrogens is 3. The summed E-state index contributed by atoms with van der Waals surface area (Å²) >= 11 is 5.96. The zero-order valence-corrected chi connectivity index (χ0v) is 15.0. The minimum atomic E-state index is -0.450. The number of aromatic amines is 1. The molecule has 0 saturated carbocycles. The van der Waals surface area contributed by atoms with E-state index >= 15 is 0 Å². The quantitative estimate of drug-likeness (QED) is 0.732. The molecule has 27 heavy (non-hydrogen) atoms. The minimum absolute atomic E-state index is 0.206. The van der Waals surface area contributed by atoms with Crippen LogP contribution in [0.4, 0.5) is 4.79 Å². The smallest absolute Gasteiger partial charge is 0.409 e. The van der Waals surface area contributed by atoms with Crippen LogP contribution in [-0.4, -0.2) is 62.9 Å². The van der Waals surface area contributed by atoms with Gasteiger partial charge >= 0.3 is 6.09 Å². The number of amides is 2. The maximum atomic E-state index is 12.7. The van der Waals surface area contributed by atoms with E-state index in [1.54, 1.807) is 46.3 Å². The number of rotatable bonds is 2. The molecule has 9 heteroatoms. The van der Waals surface area contributed by atoms with E-state index in [1.807, 2.05) is 0 Å². The summed E-state index contributed by atoms with van der Waals surface area (Å²) in [5, 5.41) is 0.575. The Bertz CT molecular complexity index is 983. The highest BCUT2D eigenvalue weighted by Crippen LogP contribution is 2.18. The van der Waals surface area contributed by atoms with Gasteiger partial charge in [-0.2, -0.15) is 0 Å². The number of halogens is 1. The van der Waals surface area contributed by atoms with Crippen molar-refractivity contribution in [2.75, 3.05) is 26.2 Å². The summed E-state index contributed by atoms with van der Waals surface area (Å²) in [4.78, 5) is 39.3. The molecule has 2 aromatic heterocycles. The van der Waals surface area contributed by atoms with E-state index in [9.17, 15) is 9.59 Å². The second-order valence-corrected chi connectivity index (χ2v) is 6.52. The zero-order valence-electron chi connectivity index (χ0n) is 14.3. The Morgan fingerprint density at radius 1 is 1.11 bits per heavy atom. The van der Waals surface area contributed by atoms with E-state index in [0.29, 0.717) is 48.0 Å². The number of imidazole rings is 1. The Balaban J connectivity index is 1.38. The van der Waals surface area contributed by atoms with Crippen molar-refractivity contribution < 1.29 is 14.3 Å². The van der Waals surface area contributed by atoms with Crippen molar-refractivity contribution in [1.82, 2.24) is 24.8 Å². The number of hydrogen-bond acceptors (Lipinski definition) is 5. The van der Waals surface area contributed by atoms with E-state index in [-0.39, 0.29) is 11.7 Å². The molecule has 3 aromatic rings. The number of benzene rings is 1. The molecule has 0 spiro atoms. The third-order valence-electron chi connectivity index (χ3n) is 4.31. The second kappa shape index (κ2) is 7.24. The van der Waals surface area contributed by atoms with Gasteiger partial charge in [0.1, 0.15) is 0 Å². The van der Waals surface area contributed by atoms with Crippen molar-refractivity contribution >= 4 is 34.6 Å². The Morgan fingerprint density at radius 3 is 2.63 bits per heavy atom. The molecule has 8 nitrogen and oxygen atoms in total. The predicted molar refractivity (Wildman–Crippen MR) is 98.8 cm³/mol. The van der Waals surface area contributed by atoms with Gasteiger partial charge in [-0.15, -0.1) is 0 Å². The lowest BCUT2D eigenvalue weighted by molar-refractivity contribution is 0.0623. The highest BCUT2D eigenvalue weighted by molar-refractivity contribution is 6.31. The van der Waals surface area contributed by atoms with Crippen LogP contribution in [0.5, 0.6) is 5.75 Å². The van der Waals surface area contributed by atoms with Crippen LogP contribution in [0.3, 0.4) is 0 Å². The summed E-state index contributed by atoms with van der Waals surface area (Å²) in [6, 6.07) is 8.58. The molecule has 0 bridgehead atoms. The van der Waals surface area contributed by atoms with Crippen molar-refractivity contribution in [3.63, 3.8) is 0 Å².